The van der Waals surface area contributed by atoms with Gasteiger partial charge in [-0.05, 0) is 12.8 Å². The zero-order valence-corrected chi connectivity index (χ0v) is 5.39. The highest BCUT2D eigenvalue weighted by molar-refractivity contribution is 4.84. The smallest absolute Gasteiger partial charge is 0.0518 e. The Balaban J connectivity index is 1.97. The summed E-state index contributed by atoms with van der Waals surface area (Å²) in [5.41, 5.74) is 5.89. The fourth-order valence-electron chi connectivity index (χ4n) is 1.60. The molecule has 1 aliphatic carbocycles. The SMILES string of the molecule is C1CCC2NONC2C1. The molecule has 2 fully saturated rings. The van der Waals surface area contributed by atoms with Crippen molar-refractivity contribution < 1.29 is 4.94 Å². The monoisotopic (exact) mass is 128 g/mol. The van der Waals surface area contributed by atoms with Gasteiger partial charge in [-0.1, -0.05) is 12.8 Å². The summed E-state index contributed by atoms with van der Waals surface area (Å²) in [6.07, 6.45) is 5.22. The summed E-state index contributed by atoms with van der Waals surface area (Å²) < 4.78 is 0. The molecule has 0 radical (unpaired) electrons. The van der Waals surface area contributed by atoms with Crippen LogP contribution in [0.2, 0.25) is 0 Å². The second-order valence-electron chi connectivity index (χ2n) is 2.84. The third kappa shape index (κ3) is 0.956. The summed E-state index contributed by atoms with van der Waals surface area (Å²) in [4.78, 5) is 4.89. The molecule has 0 aromatic carbocycles. The minimum absolute atomic E-state index is 0.582. The van der Waals surface area contributed by atoms with Crippen LogP contribution in [0, 0.1) is 0 Å². The Hall–Kier alpha value is -0.120. The van der Waals surface area contributed by atoms with E-state index in [0.717, 1.165) is 0 Å². The highest BCUT2D eigenvalue weighted by atomic mass is 16.8. The van der Waals surface area contributed by atoms with Crippen molar-refractivity contribution in [2.24, 2.45) is 0 Å². The second kappa shape index (κ2) is 2.25. The Morgan fingerprint density at radius 1 is 1.00 bits per heavy atom. The maximum atomic E-state index is 4.89. The predicted molar refractivity (Wildman–Crippen MR) is 33.4 cm³/mol. The second-order valence-corrected chi connectivity index (χ2v) is 2.84. The van der Waals surface area contributed by atoms with E-state index in [1.54, 1.807) is 0 Å². The first-order valence-corrected chi connectivity index (χ1v) is 3.64. The molecule has 9 heavy (non-hydrogen) atoms. The van der Waals surface area contributed by atoms with Crippen LogP contribution in [-0.4, -0.2) is 12.1 Å². The standard InChI is InChI=1S/C6H12N2O/c1-2-4-6-5(3-1)7-9-8-6/h5-8H,1-4H2. The topological polar surface area (TPSA) is 33.3 Å². The number of hydrogen-bond donors (Lipinski definition) is 2. The fourth-order valence-corrected chi connectivity index (χ4v) is 1.60. The molecule has 2 rings (SSSR count). The molecule has 1 saturated carbocycles. The first-order valence-electron chi connectivity index (χ1n) is 3.64. The third-order valence-electron chi connectivity index (χ3n) is 2.19. The molecule has 1 heterocycles. The van der Waals surface area contributed by atoms with Gasteiger partial charge in [-0.2, -0.15) is 11.0 Å². The number of nitrogens with one attached hydrogen (secondary N) is 2. The minimum atomic E-state index is 0.582. The third-order valence-corrected chi connectivity index (χ3v) is 2.19. The van der Waals surface area contributed by atoms with Crippen LogP contribution in [0.3, 0.4) is 0 Å². The average Bonchev–Trinajstić information content (AvgIpc) is 2.33. The molecule has 0 bridgehead atoms. The average molecular weight is 128 g/mol. The molecule has 1 saturated heterocycles. The Morgan fingerprint density at radius 2 is 1.56 bits per heavy atom. The van der Waals surface area contributed by atoms with Gasteiger partial charge in [0.05, 0.1) is 12.1 Å². The van der Waals surface area contributed by atoms with Crippen LogP contribution in [0.15, 0.2) is 0 Å². The maximum Gasteiger partial charge on any atom is 0.0518 e. The Labute approximate surface area is 54.7 Å². The van der Waals surface area contributed by atoms with Crippen LogP contribution >= 0.6 is 0 Å². The van der Waals surface area contributed by atoms with E-state index >= 15 is 0 Å². The molecule has 2 N–H and O–H groups in total. The molecular formula is C6H12N2O. The van der Waals surface area contributed by atoms with E-state index in [0.29, 0.717) is 12.1 Å². The van der Waals surface area contributed by atoms with Crippen molar-refractivity contribution in [1.29, 1.82) is 0 Å². The van der Waals surface area contributed by atoms with Crippen molar-refractivity contribution in [3.8, 4) is 0 Å². The quantitative estimate of drug-likeness (QED) is 0.493. The number of hydroxylamine groups is 2. The van der Waals surface area contributed by atoms with E-state index in [9.17, 15) is 0 Å². The lowest BCUT2D eigenvalue weighted by molar-refractivity contribution is 0.00931. The van der Waals surface area contributed by atoms with Crippen molar-refractivity contribution in [2.75, 3.05) is 0 Å². The molecule has 3 nitrogen and oxygen atoms in total. The number of fused-ring (bicyclic) bond motifs is 1. The van der Waals surface area contributed by atoms with Crippen molar-refractivity contribution in [3.05, 3.63) is 0 Å². The van der Waals surface area contributed by atoms with Crippen LogP contribution in [0.1, 0.15) is 25.7 Å². The fraction of sp³-hybridized carbons (Fsp3) is 1.00. The van der Waals surface area contributed by atoms with Gasteiger partial charge >= 0.3 is 0 Å². The van der Waals surface area contributed by atoms with Gasteiger partial charge in [-0.25, -0.2) is 4.94 Å². The Morgan fingerprint density at radius 3 is 2.11 bits per heavy atom. The molecular weight excluding hydrogens is 116 g/mol. The van der Waals surface area contributed by atoms with Gasteiger partial charge in [-0.3, -0.25) is 0 Å². The van der Waals surface area contributed by atoms with E-state index < -0.39 is 0 Å². The molecule has 3 heteroatoms. The summed E-state index contributed by atoms with van der Waals surface area (Å²) in [5, 5.41) is 0. The summed E-state index contributed by atoms with van der Waals surface area (Å²) in [7, 11) is 0. The lowest BCUT2D eigenvalue weighted by atomic mass is 9.92. The molecule has 0 aromatic rings. The summed E-state index contributed by atoms with van der Waals surface area (Å²) in [6, 6.07) is 1.16. The number of rotatable bonds is 0. The molecule has 0 amide bonds. The molecule has 0 spiro atoms. The molecule has 1 aliphatic heterocycles. The van der Waals surface area contributed by atoms with Crippen molar-refractivity contribution in [3.63, 3.8) is 0 Å². The maximum absolute atomic E-state index is 4.89. The van der Waals surface area contributed by atoms with E-state index in [-0.39, 0.29) is 0 Å². The zero-order chi connectivity index (χ0) is 6.10. The highest BCUT2D eigenvalue weighted by Crippen LogP contribution is 2.20. The largest absolute Gasteiger partial charge is 0.213 e. The van der Waals surface area contributed by atoms with Crippen LogP contribution in [-0.2, 0) is 4.94 Å². The summed E-state index contributed by atoms with van der Waals surface area (Å²) in [5.74, 6) is 0. The normalized spacial score (nSPS) is 42.7. The highest BCUT2D eigenvalue weighted by Gasteiger charge is 2.29. The van der Waals surface area contributed by atoms with Gasteiger partial charge in [0, 0.05) is 0 Å². The van der Waals surface area contributed by atoms with Gasteiger partial charge in [-0.15, -0.1) is 0 Å². The van der Waals surface area contributed by atoms with Crippen molar-refractivity contribution >= 4 is 0 Å². The van der Waals surface area contributed by atoms with Gasteiger partial charge in [0.1, 0.15) is 0 Å². The minimum Gasteiger partial charge on any atom is -0.213 e. The first-order chi connectivity index (χ1) is 4.47. The van der Waals surface area contributed by atoms with E-state index in [1.165, 1.54) is 25.7 Å². The van der Waals surface area contributed by atoms with Crippen molar-refractivity contribution in [1.82, 2.24) is 11.0 Å². The molecule has 2 atom stereocenters. The van der Waals surface area contributed by atoms with E-state index in [4.69, 9.17) is 4.94 Å². The van der Waals surface area contributed by atoms with Crippen LogP contribution in [0.25, 0.3) is 0 Å². The van der Waals surface area contributed by atoms with Gasteiger partial charge in [0.2, 0.25) is 0 Å². The van der Waals surface area contributed by atoms with E-state index in [1.807, 2.05) is 0 Å². The first kappa shape index (κ1) is 5.65. The Bertz CT molecular complexity index is 95.2. The Kier molecular flexibility index (Phi) is 1.41. The predicted octanol–water partition coefficient (Wildman–Crippen LogP) is 0.337. The lowest BCUT2D eigenvalue weighted by Crippen LogP contribution is -2.36. The van der Waals surface area contributed by atoms with Crippen LogP contribution in [0.5, 0.6) is 0 Å². The summed E-state index contributed by atoms with van der Waals surface area (Å²) >= 11 is 0. The zero-order valence-electron chi connectivity index (χ0n) is 5.39. The van der Waals surface area contributed by atoms with Crippen LogP contribution in [0.4, 0.5) is 0 Å². The summed E-state index contributed by atoms with van der Waals surface area (Å²) in [6.45, 7) is 0. The molecule has 52 valence electrons. The number of hydrogen-bond acceptors (Lipinski definition) is 3. The van der Waals surface area contributed by atoms with Crippen molar-refractivity contribution in [2.45, 2.75) is 37.8 Å². The molecule has 2 aliphatic rings. The van der Waals surface area contributed by atoms with E-state index in [2.05, 4.69) is 11.0 Å². The van der Waals surface area contributed by atoms with Crippen LogP contribution < -0.4 is 11.0 Å². The van der Waals surface area contributed by atoms with Gasteiger partial charge in [0.25, 0.3) is 0 Å². The molecule has 2 unspecified atom stereocenters. The van der Waals surface area contributed by atoms with Gasteiger partial charge < -0.3 is 0 Å². The lowest BCUT2D eigenvalue weighted by Gasteiger charge is -2.21. The van der Waals surface area contributed by atoms with Gasteiger partial charge in [0.15, 0.2) is 0 Å². The molecule has 0 aromatic heterocycles.